The molecule has 2 aromatic rings. The maximum absolute atomic E-state index is 13.0. The molecule has 3 saturated heterocycles. The number of likely N-dealkylation sites (tertiary alicyclic amines) is 1. The highest BCUT2D eigenvalue weighted by Gasteiger charge is 2.44. The molecule has 1 aromatic carbocycles. The van der Waals surface area contributed by atoms with Crippen LogP contribution >= 0.6 is 0 Å². The van der Waals surface area contributed by atoms with Crippen LogP contribution in [0.2, 0.25) is 0 Å². The van der Waals surface area contributed by atoms with Gasteiger partial charge in [0, 0.05) is 49.2 Å². The lowest BCUT2D eigenvalue weighted by atomic mass is 9.76. The van der Waals surface area contributed by atoms with Gasteiger partial charge in [-0.2, -0.15) is 0 Å². The molecule has 3 atom stereocenters. The second kappa shape index (κ2) is 6.15. The molecule has 2 bridgehead atoms. The van der Waals surface area contributed by atoms with Gasteiger partial charge < -0.3 is 14.8 Å². The molecule has 26 heavy (non-hydrogen) atoms. The molecule has 5 heteroatoms. The van der Waals surface area contributed by atoms with Crippen LogP contribution in [0.1, 0.15) is 31.2 Å². The van der Waals surface area contributed by atoms with E-state index in [4.69, 9.17) is 0 Å². The molecular weight excluding hydrogens is 326 g/mol. The van der Waals surface area contributed by atoms with E-state index in [1.165, 1.54) is 6.42 Å². The van der Waals surface area contributed by atoms with E-state index in [0.29, 0.717) is 36.6 Å². The van der Waals surface area contributed by atoms with Crippen molar-refractivity contribution in [2.45, 2.75) is 38.1 Å². The molecule has 1 aromatic heterocycles. The number of para-hydroxylation sites is 1. The average Bonchev–Trinajstić information content (AvgIpc) is 3.05. The summed E-state index contributed by atoms with van der Waals surface area (Å²) in [5, 5.41) is 1.14. The van der Waals surface area contributed by atoms with E-state index in [-0.39, 0.29) is 5.91 Å². The topological polar surface area (TPSA) is 56.4 Å². The highest BCUT2D eigenvalue weighted by molar-refractivity contribution is 5.89. The Balaban J connectivity index is 1.32. The van der Waals surface area contributed by atoms with Gasteiger partial charge in [0.2, 0.25) is 11.8 Å². The van der Waals surface area contributed by atoms with Crippen molar-refractivity contribution in [3.05, 3.63) is 36.0 Å². The molecule has 0 saturated carbocycles. The molecule has 2 amide bonds. The fourth-order valence-electron chi connectivity index (χ4n) is 5.37. The minimum atomic E-state index is 0.222. The van der Waals surface area contributed by atoms with Gasteiger partial charge in [-0.3, -0.25) is 9.59 Å². The predicted octanol–water partition coefficient (Wildman–Crippen LogP) is 2.57. The number of aromatic amines is 1. The molecule has 3 aliphatic heterocycles. The summed E-state index contributed by atoms with van der Waals surface area (Å²) in [4.78, 5) is 32.7. The van der Waals surface area contributed by atoms with Crippen LogP contribution in [0.15, 0.2) is 30.5 Å². The Labute approximate surface area is 153 Å². The number of carbonyl (C=O) groups is 2. The summed E-state index contributed by atoms with van der Waals surface area (Å²) in [6, 6.07) is 8.50. The van der Waals surface area contributed by atoms with Crippen LogP contribution < -0.4 is 0 Å². The zero-order valence-electron chi connectivity index (χ0n) is 15.0. The number of piperidine rings is 3. The predicted molar refractivity (Wildman–Crippen MR) is 99.5 cm³/mol. The van der Waals surface area contributed by atoms with Crippen LogP contribution in [0.5, 0.6) is 0 Å². The number of fused-ring (bicyclic) bond motifs is 5. The molecule has 1 N–H and O–H groups in total. The normalized spacial score (nSPS) is 28.3. The van der Waals surface area contributed by atoms with E-state index in [2.05, 4.69) is 20.9 Å². The Morgan fingerprint density at radius 2 is 2.08 bits per heavy atom. The molecule has 0 aliphatic carbocycles. The van der Waals surface area contributed by atoms with Crippen molar-refractivity contribution in [3.63, 3.8) is 0 Å². The third-order valence-electron chi connectivity index (χ3n) is 6.55. The summed E-state index contributed by atoms with van der Waals surface area (Å²) >= 11 is 0. The Hall–Kier alpha value is -2.30. The van der Waals surface area contributed by atoms with Gasteiger partial charge in [0.15, 0.2) is 0 Å². The zero-order valence-corrected chi connectivity index (χ0v) is 15.0. The van der Waals surface area contributed by atoms with Gasteiger partial charge in [0.1, 0.15) is 0 Å². The van der Waals surface area contributed by atoms with Crippen LogP contribution in [-0.4, -0.2) is 52.3 Å². The first kappa shape index (κ1) is 15.9. The number of hydrogen-bond acceptors (Lipinski definition) is 2. The van der Waals surface area contributed by atoms with Crippen molar-refractivity contribution in [2.75, 3.05) is 19.6 Å². The number of nitrogens with zero attached hydrogens (tertiary/aromatic N) is 2. The van der Waals surface area contributed by atoms with Crippen LogP contribution in [0.25, 0.3) is 10.9 Å². The lowest BCUT2D eigenvalue weighted by molar-refractivity contribution is -0.148. The lowest BCUT2D eigenvalue weighted by Crippen LogP contribution is -2.61. The standard InChI is InChI=1S/C21H25N3O2/c25-20-7-3-6-19-16-8-14(12-24(19)20)11-23(13-16)21(26)9-15-10-22-18-5-2-1-4-17(15)18/h1-2,4-5,10,14,16,19,22H,3,6-9,11-13H2. The SMILES string of the molecule is O=C(Cc1c[nH]c2ccccc12)N1CC2CC(C1)C1CCCC(=O)N1C2. The molecule has 5 nitrogen and oxygen atoms in total. The number of benzene rings is 1. The summed E-state index contributed by atoms with van der Waals surface area (Å²) < 4.78 is 0. The van der Waals surface area contributed by atoms with E-state index >= 15 is 0 Å². The third kappa shape index (κ3) is 2.61. The number of carbonyl (C=O) groups excluding carboxylic acids is 2. The first-order valence-electron chi connectivity index (χ1n) is 9.81. The molecule has 4 heterocycles. The van der Waals surface area contributed by atoms with Crippen LogP contribution in [0.4, 0.5) is 0 Å². The molecule has 3 aliphatic rings. The quantitative estimate of drug-likeness (QED) is 0.904. The second-order valence-electron chi connectivity index (χ2n) is 8.20. The van der Waals surface area contributed by atoms with E-state index < -0.39 is 0 Å². The molecule has 3 fully saturated rings. The van der Waals surface area contributed by atoms with Gasteiger partial charge in [0.05, 0.1) is 6.42 Å². The van der Waals surface area contributed by atoms with Gasteiger partial charge in [-0.1, -0.05) is 18.2 Å². The molecule has 3 unspecified atom stereocenters. The summed E-state index contributed by atoms with van der Waals surface area (Å²) in [5.41, 5.74) is 2.16. The highest BCUT2D eigenvalue weighted by Crippen LogP contribution is 2.38. The number of hydrogen-bond donors (Lipinski definition) is 1. The number of amides is 2. The lowest BCUT2D eigenvalue weighted by Gasteiger charge is -2.52. The van der Waals surface area contributed by atoms with Crippen molar-refractivity contribution in [1.29, 1.82) is 0 Å². The molecule has 136 valence electrons. The largest absolute Gasteiger partial charge is 0.361 e. The van der Waals surface area contributed by atoms with Crippen LogP contribution in [0, 0.1) is 11.8 Å². The van der Waals surface area contributed by atoms with E-state index in [0.717, 1.165) is 48.9 Å². The summed E-state index contributed by atoms with van der Waals surface area (Å²) in [6.45, 7) is 2.46. The average molecular weight is 351 g/mol. The fourth-order valence-corrected chi connectivity index (χ4v) is 5.37. The maximum atomic E-state index is 13.0. The summed E-state index contributed by atoms with van der Waals surface area (Å²) in [5.74, 6) is 1.45. The smallest absolute Gasteiger partial charge is 0.227 e. The van der Waals surface area contributed by atoms with Gasteiger partial charge in [-0.25, -0.2) is 0 Å². The number of aromatic nitrogens is 1. The number of nitrogens with one attached hydrogen (secondary N) is 1. The zero-order chi connectivity index (χ0) is 17.7. The molecule has 0 spiro atoms. The Morgan fingerprint density at radius 3 is 3.00 bits per heavy atom. The van der Waals surface area contributed by atoms with E-state index in [1.807, 2.05) is 24.4 Å². The molecular formula is C21H25N3O2. The van der Waals surface area contributed by atoms with Crippen molar-refractivity contribution >= 4 is 22.7 Å². The first-order valence-corrected chi connectivity index (χ1v) is 9.81. The monoisotopic (exact) mass is 351 g/mol. The van der Waals surface area contributed by atoms with Crippen molar-refractivity contribution in [2.24, 2.45) is 11.8 Å². The van der Waals surface area contributed by atoms with Gasteiger partial charge in [-0.15, -0.1) is 0 Å². The molecule has 0 radical (unpaired) electrons. The number of rotatable bonds is 2. The van der Waals surface area contributed by atoms with Crippen LogP contribution in [-0.2, 0) is 16.0 Å². The van der Waals surface area contributed by atoms with Gasteiger partial charge in [-0.05, 0) is 42.7 Å². The van der Waals surface area contributed by atoms with E-state index in [1.54, 1.807) is 0 Å². The van der Waals surface area contributed by atoms with Crippen molar-refractivity contribution < 1.29 is 9.59 Å². The second-order valence-corrected chi connectivity index (χ2v) is 8.20. The first-order chi connectivity index (χ1) is 12.7. The fraction of sp³-hybridized carbons (Fsp3) is 0.524. The Bertz CT molecular complexity index is 858. The van der Waals surface area contributed by atoms with Crippen molar-refractivity contribution in [1.82, 2.24) is 14.8 Å². The Morgan fingerprint density at radius 1 is 1.19 bits per heavy atom. The summed E-state index contributed by atoms with van der Waals surface area (Å²) in [7, 11) is 0. The van der Waals surface area contributed by atoms with Gasteiger partial charge in [0.25, 0.3) is 0 Å². The third-order valence-corrected chi connectivity index (χ3v) is 6.55. The van der Waals surface area contributed by atoms with Crippen LogP contribution in [0.3, 0.4) is 0 Å². The highest BCUT2D eigenvalue weighted by atomic mass is 16.2. The molecule has 5 rings (SSSR count). The van der Waals surface area contributed by atoms with Gasteiger partial charge >= 0.3 is 0 Å². The van der Waals surface area contributed by atoms with E-state index in [9.17, 15) is 9.59 Å². The minimum Gasteiger partial charge on any atom is -0.361 e. The summed E-state index contributed by atoms with van der Waals surface area (Å²) in [6.07, 6.45) is 6.41. The Kier molecular flexibility index (Phi) is 3.76. The number of H-pyrrole nitrogens is 1. The minimum absolute atomic E-state index is 0.222. The maximum Gasteiger partial charge on any atom is 0.227 e. The van der Waals surface area contributed by atoms with Crippen molar-refractivity contribution in [3.8, 4) is 0 Å².